The van der Waals surface area contributed by atoms with Crippen LogP contribution in [0.5, 0.6) is 0 Å². The highest BCUT2D eigenvalue weighted by atomic mass is 35.5. The van der Waals surface area contributed by atoms with Gasteiger partial charge in [0.05, 0.1) is 16.8 Å². The third kappa shape index (κ3) is 8.44. The number of anilines is 1. The molecule has 0 radical (unpaired) electrons. The number of rotatable bonds is 7. The summed E-state index contributed by atoms with van der Waals surface area (Å²) in [4.78, 5) is 22.6. The number of carbonyl (C=O) groups excluding carboxylic acids is 1. The molecular formula is C23H29ClF3N5O4S. The Labute approximate surface area is 218 Å². The molecule has 1 aliphatic heterocycles. The van der Waals surface area contributed by atoms with Crippen molar-refractivity contribution in [1.29, 1.82) is 0 Å². The molecule has 0 saturated carbocycles. The number of ether oxygens (including phenoxy) is 1. The first kappa shape index (κ1) is 28.9. The summed E-state index contributed by atoms with van der Waals surface area (Å²) in [5, 5.41) is 2.30. The normalized spacial score (nSPS) is 16.6. The van der Waals surface area contributed by atoms with Gasteiger partial charge in [0.25, 0.3) is 0 Å². The Hall–Kier alpha value is -2.64. The minimum Gasteiger partial charge on any atom is -0.444 e. The summed E-state index contributed by atoms with van der Waals surface area (Å²) in [5.74, 6) is 0.481. The third-order valence-electron chi connectivity index (χ3n) is 5.42. The minimum atomic E-state index is -4.65. The van der Waals surface area contributed by atoms with Crippen molar-refractivity contribution in [2.75, 3.05) is 30.8 Å². The molecule has 1 aromatic heterocycles. The highest BCUT2D eigenvalue weighted by Crippen LogP contribution is 2.37. The second kappa shape index (κ2) is 11.0. The number of halogens is 4. The number of hydrogen-bond acceptors (Lipinski definition) is 7. The lowest BCUT2D eigenvalue weighted by atomic mass is 10.1. The molecule has 1 unspecified atom stereocenters. The molecule has 2 heterocycles. The smallest absolute Gasteiger partial charge is 0.417 e. The van der Waals surface area contributed by atoms with E-state index in [1.165, 1.54) is 12.3 Å². The minimum absolute atomic E-state index is 0.0376. The summed E-state index contributed by atoms with van der Waals surface area (Å²) >= 11 is 5.74. The Morgan fingerprint density at radius 1 is 1.27 bits per heavy atom. The van der Waals surface area contributed by atoms with E-state index in [-0.39, 0.29) is 23.9 Å². The van der Waals surface area contributed by atoms with Crippen LogP contribution >= 0.6 is 11.6 Å². The zero-order chi connectivity index (χ0) is 27.6. The largest absolute Gasteiger partial charge is 0.444 e. The molecule has 14 heteroatoms. The van der Waals surface area contributed by atoms with E-state index in [0.717, 1.165) is 18.4 Å². The van der Waals surface area contributed by atoms with Crippen molar-refractivity contribution in [1.82, 2.24) is 20.0 Å². The number of alkyl carbamates (subject to hydrolysis) is 1. The van der Waals surface area contributed by atoms with Gasteiger partial charge >= 0.3 is 12.3 Å². The lowest BCUT2D eigenvalue weighted by Crippen LogP contribution is -2.36. The number of nitrogens with one attached hydrogen (secondary N) is 2. The number of nitrogens with zero attached hydrogens (tertiary/aromatic N) is 3. The maximum absolute atomic E-state index is 13.4. The van der Waals surface area contributed by atoms with Gasteiger partial charge in [0.1, 0.15) is 11.4 Å². The first-order valence-electron chi connectivity index (χ1n) is 11.4. The summed E-state index contributed by atoms with van der Waals surface area (Å²) < 4.78 is 71.1. The van der Waals surface area contributed by atoms with Crippen LogP contribution in [0.15, 0.2) is 24.4 Å². The van der Waals surface area contributed by atoms with E-state index >= 15 is 0 Å². The van der Waals surface area contributed by atoms with Gasteiger partial charge in [0, 0.05) is 43.5 Å². The quantitative estimate of drug-likeness (QED) is 0.518. The fourth-order valence-corrected chi connectivity index (χ4v) is 4.40. The Morgan fingerprint density at radius 2 is 1.97 bits per heavy atom. The lowest BCUT2D eigenvalue weighted by Gasteiger charge is -2.22. The second-order valence-corrected chi connectivity index (χ2v) is 12.1. The number of alkyl halides is 3. The molecule has 0 spiro atoms. The molecule has 9 nitrogen and oxygen atoms in total. The number of aromatic nitrogens is 2. The average Bonchev–Trinajstić information content (AvgIpc) is 3.23. The maximum Gasteiger partial charge on any atom is 0.417 e. The molecule has 1 amide bonds. The van der Waals surface area contributed by atoms with Gasteiger partial charge in [0.15, 0.2) is 5.82 Å². The van der Waals surface area contributed by atoms with Crippen molar-refractivity contribution in [3.63, 3.8) is 0 Å². The van der Waals surface area contributed by atoms with Gasteiger partial charge in [-0.05, 0) is 51.3 Å². The van der Waals surface area contributed by atoms with E-state index in [9.17, 15) is 26.4 Å². The Kier molecular flexibility index (Phi) is 8.60. The summed E-state index contributed by atoms with van der Waals surface area (Å²) in [6, 6.07) is 3.41. The van der Waals surface area contributed by atoms with Crippen LogP contribution in [0.4, 0.5) is 23.8 Å². The number of hydrogen-bond donors (Lipinski definition) is 2. The maximum atomic E-state index is 13.4. The Bertz CT molecular complexity index is 1250. The van der Waals surface area contributed by atoms with E-state index in [4.69, 9.17) is 16.3 Å². The molecule has 2 aromatic rings. The van der Waals surface area contributed by atoms with E-state index in [1.807, 2.05) is 4.90 Å². The predicted octanol–water partition coefficient (Wildman–Crippen LogP) is 4.22. The Balaban J connectivity index is 1.86. The first-order chi connectivity index (χ1) is 17.0. The van der Waals surface area contributed by atoms with Crippen molar-refractivity contribution in [3.05, 3.63) is 40.5 Å². The molecule has 1 atom stereocenters. The summed E-state index contributed by atoms with van der Waals surface area (Å²) in [6.45, 7) is 6.57. The van der Waals surface area contributed by atoms with Gasteiger partial charge in [0.2, 0.25) is 10.0 Å². The third-order valence-corrected chi connectivity index (χ3v) is 6.41. The topological polar surface area (TPSA) is 114 Å². The molecule has 1 saturated heterocycles. The standard InChI is InChI=1S/C23H29ClF3N5O4S/c1-22(2,3)36-21(33)29-10-14-7-8-32(13-14)20-16(12-30-37(4,34)35)11-28-19(31-20)15-5-6-18(24)17(9-15)23(25,26)27/h5-6,9,11,14,30H,7-8,10,12-13H2,1-4H3,(H,29,33). The van der Waals surface area contributed by atoms with Gasteiger partial charge in [-0.15, -0.1) is 0 Å². The molecule has 204 valence electrons. The van der Waals surface area contributed by atoms with Crippen molar-refractivity contribution in [2.24, 2.45) is 5.92 Å². The number of benzene rings is 1. The molecule has 1 aromatic carbocycles. The van der Waals surface area contributed by atoms with Crippen LogP contribution in [0.3, 0.4) is 0 Å². The second-order valence-electron chi connectivity index (χ2n) is 9.81. The average molecular weight is 564 g/mol. The SMILES string of the molecule is CC(C)(C)OC(=O)NCC1CCN(c2nc(-c3ccc(Cl)c(C(F)(F)F)c3)ncc2CNS(C)(=O)=O)C1. The molecule has 3 rings (SSSR count). The summed E-state index contributed by atoms with van der Waals surface area (Å²) in [7, 11) is -3.52. The molecule has 0 aliphatic carbocycles. The van der Waals surface area contributed by atoms with Gasteiger partial charge in [-0.25, -0.2) is 27.9 Å². The van der Waals surface area contributed by atoms with E-state index < -0.39 is 38.5 Å². The van der Waals surface area contributed by atoms with Crippen LogP contribution in [-0.4, -0.2) is 56.0 Å². The van der Waals surface area contributed by atoms with Crippen LogP contribution in [-0.2, 0) is 27.5 Å². The van der Waals surface area contributed by atoms with Gasteiger partial charge in [-0.2, -0.15) is 13.2 Å². The van der Waals surface area contributed by atoms with Crippen LogP contribution in [0.25, 0.3) is 11.4 Å². The number of sulfonamides is 1. The highest BCUT2D eigenvalue weighted by molar-refractivity contribution is 7.88. The predicted molar refractivity (Wildman–Crippen MR) is 134 cm³/mol. The highest BCUT2D eigenvalue weighted by Gasteiger charge is 2.34. The van der Waals surface area contributed by atoms with Gasteiger partial charge in [-0.1, -0.05) is 11.6 Å². The van der Waals surface area contributed by atoms with Crippen molar-refractivity contribution >= 4 is 33.5 Å². The van der Waals surface area contributed by atoms with Crippen molar-refractivity contribution < 1.29 is 31.1 Å². The van der Waals surface area contributed by atoms with E-state index in [0.29, 0.717) is 37.4 Å². The fraction of sp³-hybridized carbons (Fsp3) is 0.522. The number of carbonyl (C=O) groups is 1. The zero-order valence-electron chi connectivity index (χ0n) is 20.8. The van der Waals surface area contributed by atoms with Crippen LogP contribution in [0.1, 0.15) is 38.3 Å². The van der Waals surface area contributed by atoms with Crippen molar-refractivity contribution in [2.45, 2.75) is 45.5 Å². The van der Waals surface area contributed by atoms with Gasteiger partial charge in [-0.3, -0.25) is 0 Å². The molecule has 2 N–H and O–H groups in total. The van der Waals surface area contributed by atoms with Gasteiger partial charge < -0.3 is 15.0 Å². The van der Waals surface area contributed by atoms with Crippen molar-refractivity contribution in [3.8, 4) is 11.4 Å². The zero-order valence-corrected chi connectivity index (χ0v) is 22.4. The Morgan fingerprint density at radius 3 is 2.59 bits per heavy atom. The monoisotopic (exact) mass is 563 g/mol. The molecule has 1 fully saturated rings. The fourth-order valence-electron chi connectivity index (χ4n) is 3.76. The first-order valence-corrected chi connectivity index (χ1v) is 13.7. The van der Waals surface area contributed by atoms with Crippen LogP contribution in [0, 0.1) is 5.92 Å². The summed E-state index contributed by atoms with van der Waals surface area (Å²) in [5.41, 5.74) is -1.06. The number of amides is 1. The molecule has 0 bridgehead atoms. The van der Waals surface area contributed by atoms with Crippen LogP contribution in [0.2, 0.25) is 5.02 Å². The van der Waals surface area contributed by atoms with E-state index in [1.54, 1.807) is 20.8 Å². The lowest BCUT2D eigenvalue weighted by molar-refractivity contribution is -0.137. The summed E-state index contributed by atoms with van der Waals surface area (Å²) in [6.07, 6.45) is -2.07. The van der Waals surface area contributed by atoms with E-state index in [2.05, 4.69) is 20.0 Å². The molecular weight excluding hydrogens is 535 g/mol. The van der Waals surface area contributed by atoms with Crippen LogP contribution < -0.4 is 14.9 Å². The molecule has 37 heavy (non-hydrogen) atoms. The molecule has 1 aliphatic rings.